The van der Waals surface area contributed by atoms with Crippen LogP contribution >= 0.6 is 0 Å². The van der Waals surface area contributed by atoms with Gasteiger partial charge in [-0.3, -0.25) is 9.36 Å². The van der Waals surface area contributed by atoms with Gasteiger partial charge in [-0.15, -0.1) is 0 Å². The van der Waals surface area contributed by atoms with Gasteiger partial charge in [-0.05, 0) is 31.4 Å². The number of fused-ring (bicyclic) bond motifs is 1. The second-order valence-corrected chi connectivity index (χ2v) is 7.38. The average molecular weight is 372 g/mol. The first-order valence-corrected chi connectivity index (χ1v) is 9.02. The molecule has 142 valence electrons. The van der Waals surface area contributed by atoms with Crippen molar-refractivity contribution in [3.05, 3.63) is 50.2 Å². The first-order valence-electron chi connectivity index (χ1n) is 9.02. The predicted molar refractivity (Wildman–Crippen MR) is 101 cm³/mol. The normalized spacial score (nSPS) is 20.8. The van der Waals surface area contributed by atoms with Crippen LogP contribution in [0, 0.1) is 18.3 Å². The molecule has 2 aliphatic rings. The van der Waals surface area contributed by atoms with Crippen LogP contribution in [-0.2, 0) is 0 Å². The summed E-state index contributed by atoms with van der Waals surface area (Å²) in [6.45, 7) is 8.36. The average Bonchev–Trinajstić information content (AvgIpc) is 3.35. The minimum atomic E-state index is -0.698. The Morgan fingerprint density at radius 1 is 1.30 bits per heavy atom. The maximum Gasteiger partial charge on any atom is 0.350 e. The fourth-order valence-corrected chi connectivity index (χ4v) is 3.90. The number of halogens is 1. The van der Waals surface area contributed by atoms with Gasteiger partial charge < -0.3 is 21.3 Å². The van der Waals surface area contributed by atoms with E-state index in [4.69, 9.17) is 18.1 Å². The predicted octanol–water partition coefficient (Wildman–Crippen LogP) is 0.424. The van der Waals surface area contributed by atoms with Crippen LogP contribution in [-0.4, -0.2) is 34.9 Å². The van der Waals surface area contributed by atoms with Crippen molar-refractivity contribution in [2.45, 2.75) is 31.3 Å². The van der Waals surface area contributed by atoms with Crippen LogP contribution in [0.15, 0.2) is 21.7 Å². The zero-order valence-corrected chi connectivity index (χ0v) is 14.8. The Kier molecular flexibility index (Phi) is 4.15. The number of aromatic nitrogens is 2. The molecule has 0 spiro atoms. The van der Waals surface area contributed by atoms with Gasteiger partial charge in [0.15, 0.2) is 0 Å². The third-order valence-electron chi connectivity index (χ3n) is 5.57. The Hall–Kier alpha value is -2.86. The van der Waals surface area contributed by atoms with Crippen molar-refractivity contribution in [2.75, 3.05) is 30.4 Å². The van der Waals surface area contributed by atoms with E-state index in [0.717, 1.165) is 19.3 Å². The van der Waals surface area contributed by atoms with Gasteiger partial charge in [0.25, 0.3) is 5.56 Å². The molecule has 1 aromatic carbocycles. The third-order valence-corrected chi connectivity index (χ3v) is 5.57. The summed E-state index contributed by atoms with van der Waals surface area (Å²) in [7, 11) is 0. The van der Waals surface area contributed by atoms with Crippen molar-refractivity contribution >= 4 is 16.6 Å². The van der Waals surface area contributed by atoms with Crippen LogP contribution in [0.4, 0.5) is 10.1 Å². The number of hydrogen-bond acceptors (Lipinski definition) is 5. The summed E-state index contributed by atoms with van der Waals surface area (Å²) < 4.78 is 16.9. The molecule has 0 amide bonds. The fourth-order valence-electron chi connectivity index (χ4n) is 3.90. The Labute approximate surface area is 154 Å². The van der Waals surface area contributed by atoms with E-state index in [1.807, 2.05) is 4.90 Å². The van der Waals surface area contributed by atoms with Gasteiger partial charge in [0.05, 0.1) is 22.6 Å². The third kappa shape index (κ3) is 2.86. The summed E-state index contributed by atoms with van der Waals surface area (Å²) in [5, 5.41) is 0.103. The van der Waals surface area contributed by atoms with E-state index in [2.05, 4.69) is 4.85 Å². The van der Waals surface area contributed by atoms with E-state index < -0.39 is 17.1 Å². The number of hydrogen-bond donors (Lipinski definition) is 2. The standard InChI is InChI=1S/C18H21FN6O2/c1-22-8-14(20)10-4-5-23(9-10)16-7-15-12(6-13(16)19)17(26)25(21)18(27)24(15)11-2-3-11/h6-7,10-11,14H,2-5,8-9,20-21H2. The highest BCUT2D eigenvalue weighted by molar-refractivity contribution is 5.83. The molecular weight excluding hydrogens is 351 g/mol. The lowest BCUT2D eigenvalue weighted by molar-refractivity contribution is 0.480. The van der Waals surface area contributed by atoms with Gasteiger partial charge in [0.1, 0.15) is 5.82 Å². The van der Waals surface area contributed by atoms with Gasteiger partial charge in [-0.2, -0.15) is 4.68 Å². The minimum Gasteiger partial charge on any atom is -0.369 e. The van der Waals surface area contributed by atoms with E-state index in [-0.39, 0.29) is 29.9 Å². The van der Waals surface area contributed by atoms with Crippen molar-refractivity contribution in [1.82, 2.24) is 9.24 Å². The molecule has 1 saturated carbocycles. The highest BCUT2D eigenvalue weighted by Gasteiger charge is 2.32. The molecule has 4 rings (SSSR count). The molecule has 1 aliphatic heterocycles. The smallest absolute Gasteiger partial charge is 0.350 e. The number of nitrogen functional groups attached to an aromatic ring is 1. The zero-order chi connectivity index (χ0) is 19.3. The monoisotopic (exact) mass is 372 g/mol. The van der Waals surface area contributed by atoms with Crippen LogP contribution in [0.5, 0.6) is 0 Å². The summed E-state index contributed by atoms with van der Waals surface area (Å²) >= 11 is 0. The van der Waals surface area contributed by atoms with E-state index in [1.54, 1.807) is 6.07 Å². The molecule has 0 bridgehead atoms. The molecular formula is C18H21FN6O2. The van der Waals surface area contributed by atoms with E-state index in [0.29, 0.717) is 29.0 Å². The topological polar surface area (TPSA) is 104 Å². The number of rotatable bonds is 4. The number of nitrogens with two attached hydrogens (primary N) is 2. The van der Waals surface area contributed by atoms with Crippen molar-refractivity contribution in [3.63, 3.8) is 0 Å². The van der Waals surface area contributed by atoms with Crippen molar-refractivity contribution in [1.29, 1.82) is 0 Å². The number of nitrogens with zero attached hydrogens (tertiary/aromatic N) is 4. The molecule has 2 heterocycles. The molecule has 1 saturated heterocycles. The fraction of sp³-hybridized carbons (Fsp3) is 0.500. The van der Waals surface area contributed by atoms with E-state index >= 15 is 0 Å². The molecule has 27 heavy (non-hydrogen) atoms. The Morgan fingerprint density at radius 2 is 2.04 bits per heavy atom. The maximum absolute atomic E-state index is 14.8. The van der Waals surface area contributed by atoms with Crippen molar-refractivity contribution in [2.24, 2.45) is 11.7 Å². The highest BCUT2D eigenvalue weighted by atomic mass is 19.1. The Balaban J connectivity index is 1.80. The second kappa shape index (κ2) is 6.39. The largest absolute Gasteiger partial charge is 0.369 e. The van der Waals surface area contributed by atoms with E-state index in [1.165, 1.54) is 10.6 Å². The van der Waals surface area contributed by atoms with Gasteiger partial charge in [0.2, 0.25) is 6.54 Å². The highest BCUT2D eigenvalue weighted by Crippen LogP contribution is 2.37. The summed E-state index contributed by atoms with van der Waals surface area (Å²) in [5.74, 6) is 5.18. The van der Waals surface area contributed by atoms with Crippen molar-refractivity contribution < 1.29 is 4.39 Å². The molecule has 4 N–H and O–H groups in total. The van der Waals surface area contributed by atoms with Crippen LogP contribution in [0.1, 0.15) is 25.3 Å². The Bertz CT molecular complexity index is 1060. The number of anilines is 1. The first-order chi connectivity index (χ1) is 12.9. The van der Waals surface area contributed by atoms with Crippen LogP contribution in [0.2, 0.25) is 0 Å². The van der Waals surface area contributed by atoms with Crippen molar-refractivity contribution in [3.8, 4) is 0 Å². The summed E-state index contributed by atoms with van der Waals surface area (Å²) in [6, 6.07) is 2.49. The maximum atomic E-state index is 14.8. The molecule has 2 fully saturated rings. The Morgan fingerprint density at radius 3 is 2.70 bits per heavy atom. The SMILES string of the molecule is [C-]#[N+]CC(N)C1CCN(c2cc3c(cc2F)c(=O)n(N)c(=O)n3C2CC2)C1. The molecule has 2 unspecified atom stereocenters. The summed E-state index contributed by atoms with van der Waals surface area (Å²) in [6.07, 6.45) is 2.43. The van der Waals surface area contributed by atoms with Gasteiger partial charge >= 0.3 is 5.69 Å². The number of benzene rings is 1. The molecule has 2 atom stereocenters. The van der Waals surface area contributed by atoms with Gasteiger partial charge in [0, 0.05) is 25.0 Å². The van der Waals surface area contributed by atoms with Crippen LogP contribution < -0.4 is 27.7 Å². The lowest BCUT2D eigenvalue weighted by Crippen LogP contribution is -2.44. The summed E-state index contributed by atoms with van der Waals surface area (Å²) in [4.78, 5) is 30.0. The second-order valence-electron chi connectivity index (χ2n) is 7.38. The molecule has 9 heteroatoms. The molecule has 0 radical (unpaired) electrons. The molecule has 2 aromatic rings. The molecule has 1 aliphatic carbocycles. The van der Waals surface area contributed by atoms with Gasteiger partial charge in [-0.1, -0.05) is 0 Å². The lowest BCUT2D eigenvalue weighted by Gasteiger charge is -2.22. The zero-order valence-electron chi connectivity index (χ0n) is 14.8. The van der Waals surface area contributed by atoms with Gasteiger partial charge in [-0.25, -0.2) is 15.8 Å². The lowest BCUT2D eigenvalue weighted by atomic mass is 10.0. The minimum absolute atomic E-state index is 0.00729. The van der Waals surface area contributed by atoms with E-state index in [9.17, 15) is 14.0 Å². The quantitative estimate of drug-likeness (QED) is 0.598. The summed E-state index contributed by atoms with van der Waals surface area (Å²) in [5.41, 5.74) is 5.54. The molecule has 8 nitrogen and oxygen atoms in total. The first kappa shape index (κ1) is 17.5. The van der Waals surface area contributed by atoms with Crippen LogP contribution in [0.25, 0.3) is 15.7 Å². The molecule has 1 aromatic heterocycles. The van der Waals surface area contributed by atoms with Crippen LogP contribution in [0.3, 0.4) is 0 Å².